The second kappa shape index (κ2) is 7.79. The molecular weight excluding hydrogens is 402 g/mol. The van der Waals surface area contributed by atoms with Gasteiger partial charge in [0.15, 0.2) is 0 Å². The van der Waals surface area contributed by atoms with Crippen LogP contribution in [0, 0.1) is 10.1 Å². The fourth-order valence-electron chi connectivity index (χ4n) is 3.55. The number of nitrogens with zero attached hydrogens (tertiary/aromatic N) is 1. The molecule has 31 heavy (non-hydrogen) atoms. The number of benzene rings is 2. The van der Waals surface area contributed by atoms with Crippen LogP contribution in [0.15, 0.2) is 48.7 Å². The van der Waals surface area contributed by atoms with Crippen molar-refractivity contribution in [2.75, 3.05) is 19.5 Å². The Balaban J connectivity index is 1.94. The highest BCUT2D eigenvalue weighted by molar-refractivity contribution is 6.36. The highest BCUT2D eigenvalue weighted by Gasteiger charge is 2.33. The highest BCUT2D eigenvalue weighted by Crippen LogP contribution is 2.45. The van der Waals surface area contributed by atoms with Gasteiger partial charge in [-0.25, -0.2) is 4.79 Å². The van der Waals surface area contributed by atoms with Crippen molar-refractivity contribution in [3.8, 4) is 16.9 Å². The zero-order valence-corrected chi connectivity index (χ0v) is 16.6. The molecule has 9 heteroatoms. The predicted octanol–water partition coefficient (Wildman–Crippen LogP) is 3.88. The smallest absolute Gasteiger partial charge is 0.337 e. The van der Waals surface area contributed by atoms with Crippen molar-refractivity contribution in [1.29, 1.82) is 0 Å². The van der Waals surface area contributed by atoms with Gasteiger partial charge in [-0.15, -0.1) is 0 Å². The van der Waals surface area contributed by atoms with Crippen LogP contribution in [0.25, 0.3) is 22.8 Å². The van der Waals surface area contributed by atoms with Crippen LogP contribution in [-0.4, -0.2) is 36.0 Å². The van der Waals surface area contributed by atoms with Crippen molar-refractivity contribution >= 4 is 34.9 Å². The summed E-state index contributed by atoms with van der Waals surface area (Å²) in [6.45, 7) is 0. The maximum atomic E-state index is 12.7. The van der Waals surface area contributed by atoms with Crippen LogP contribution in [-0.2, 0) is 9.53 Å². The van der Waals surface area contributed by atoms with E-state index >= 15 is 0 Å². The molecule has 0 fully saturated rings. The molecule has 0 unspecified atom stereocenters. The second-order valence-electron chi connectivity index (χ2n) is 6.68. The number of fused-ring (bicyclic) bond motifs is 1. The Labute approximate surface area is 176 Å². The standard InChI is InChI=1S/C22H17N3O6/c1-30-18-9-10-23-16(18)11-14-20-15(24-21(14)26)7-8-17(25(28)29)19(20)12-3-5-13(6-4-12)22(27)31-2/h3-11,23H,1-2H3,(H,24,26)/b14-11-. The van der Waals surface area contributed by atoms with E-state index in [1.54, 1.807) is 30.5 Å². The summed E-state index contributed by atoms with van der Waals surface area (Å²) in [6, 6.07) is 10.8. The first kappa shape index (κ1) is 19.9. The largest absolute Gasteiger partial charge is 0.495 e. The van der Waals surface area contributed by atoms with Gasteiger partial charge < -0.3 is 19.8 Å². The van der Waals surface area contributed by atoms with Crippen LogP contribution in [0.4, 0.5) is 11.4 Å². The fourth-order valence-corrected chi connectivity index (χ4v) is 3.55. The SMILES string of the molecule is COC(=O)c1ccc(-c2c([N+](=O)[O-])ccc3c2/C(=C/c2[nH]ccc2OC)C(=O)N3)cc1. The number of hydrogen-bond donors (Lipinski definition) is 2. The summed E-state index contributed by atoms with van der Waals surface area (Å²) in [5.41, 5.74) is 2.57. The Kier molecular flexibility index (Phi) is 5.00. The first-order valence-corrected chi connectivity index (χ1v) is 9.19. The molecule has 0 saturated carbocycles. The second-order valence-corrected chi connectivity index (χ2v) is 6.68. The van der Waals surface area contributed by atoms with Gasteiger partial charge in [0.05, 0.1) is 47.2 Å². The zero-order valence-electron chi connectivity index (χ0n) is 16.6. The van der Waals surface area contributed by atoms with Gasteiger partial charge in [0.2, 0.25) is 0 Å². The van der Waals surface area contributed by atoms with E-state index < -0.39 is 10.9 Å². The van der Waals surface area contributed by atoms with Crippen LogP contribution in [0.3, 0.4) is 0 Å². The third kappa shape index (κ3) is 3.42. The lowest BCUT2D eigenvalue weighted by molar-refractivity contribution is -0.384. The van der Waals surface area contributed by atoms with Gasteiger partial charge in [0, 0.05) is 17.8 Å². The third-order valence-electron chi connectivity index (χ3n) is 4.98. The molecule has 156 valence electrons. The first-order chi connectivity index (χ1) is 14.9. The number of methoxy groups -OCH3 is 2. The van der Waals surface area contributed by atoms with Crippen molar-refractivity contribution in [2.24, 2.45) is 0 Å². The minimum Gasteiger partial charge on any atom is -0.495 e. The molecule has 3 aromatic rings. The van der Waals surface area contributed by atoms with Crippen molar-refractivity contribution < 1.29 is 24.0 Å². The molecule has 2 N–H and O–H groups in total. The molecule has 1 aromatic heterocycles. The number of carbonyl (C=O) groups excluding carboxylic acids is 2. The number of H-pyrrole nitrogens is 1. The average molecular weight is 419 g/mol. The Morgan fingerprint density at radius 2 is 1.81 bits per heavy atom. The Bertz CT molecular complexity index is 1240. The average Bonchev–Trinajstić information content (AvgIpc) is 3.36. The van der Waals surface area contributed by atoms with E-state index in [0.29, 0.717) is 33.8 Å². The molecule has 0 bridgehead atoms. The number of rotatable bonds is 5. The molecule has 1 amide bonds. The highest BCUT2D eigenvalue weighted by atomic mass is 16.6. The summed E-state index contributed by atoms with van der Waals surface area (Å²) in [7, 11) is 2.78. The van der Waals surface area contributed by atoms with E-state index in [2.05, 4.69) is 10.3 Å². The predicted molar refractivity (Wildman–Crippen MR) is 114 cm³/mol. The quantitative estimate of drug-likeness (QED) is 0.280. The molecule has 0 aliphatic carbocycles. The van der Waals surface area contributed by atoms with Crippen molar-refractivity contribution in [3.05, 3.63) is 75.6 Å². The minimum absolute atomic E-state index is 0.162. The molecular formula is C22H17N3O6. The van der Waals surface area contributed by atoms with Gasteiger partial charge in [-0.2, -0.15) is 0 Å². The Morgan fingerprint density at radius 1 is 1.06 bits per heavy atom. The number of nitrogens with one attached hydrogen (secondary N) is 2. The number of hydrogen-bond acceptors (Lipinski definition) is 6. The van der Waals surface area contributed by atoms with Gasteiger partial charge >= 0.3 is 5.97 Å². The molecule has 0 radical (unpaired) electrons. The topological polar surface area (TPSA) is 124 Å². The number of ether oxygens (including phenoxy) is 2. The van der Waals surface area contributed by atoms with E-state index in [1.165, 1.54) is 38.5 Å². The Morgan fingerprint density at radius 3 is 2.45 bits per heavy atom. The minimum atomic E-state index is -0.518. The lowest BCUT2D eigenvalue weighted by Gasteiger charge is -2.10. The number of carbonyl (C=O) groups is 2. The number of esters is 1. The van der Waals surface area contributed by atoms with Crippen LogP contribution < -0.4 is 10.1 Å². The molecule has 2 heterocycles. The molecule has 0 saturated heterocycles. The monoisotopic (exact) mass is 419 g/mol. The normalized spacial score (nSPS) is 13.6. The van der Waals surface area contributed by atoms with Gasteiger partial charge in [-0.05, 0) is 35.9 Å². The third-order valence-corrected chi connectivity index (χ3v) is 4.98. The zero-order chi connectivity index (χ0) is 22.1. The van der Waals surface area contributed by atoms with Crippen molar-refractivity contribution in [3.63, 3.8) is 0 Å². The van der Waals surface area contributed by atoms with Gasteiger partial charge in [0.25, 0.3) is 11.6 Å². The molecule has 1 aliphatic heterocycles. The van der Waals surface area contributed by atoms with Gasteiger partial charge in [0.1, 0.15) is 5.75 Å². The molecule has 0 spiro atoms. The summed E-state index contributed by atoms with van der Waals surface area (Å²) < 4.78 is 9.99. The van der Waals surface area contributed by atoms with Gasteiger partial charge in [-0.3, -0.25) is 14.9 Å². The molecule has 0 atom stereocenters. The van der Waals surface area contributed by atoms with Crippen LogP contribution >= 0.6 is 0 Å². The van der Waals surface area contributed by atoms with Gasteiger partial charge in [-0.1, -0.05) is 12.1 Å². The van der Waals surface area contributed by atoms with Crippen LogP contribution in [0.1, 0.15) is 21.6 Å². The van der Waals surface area contributed by atoms with Crippen molar-refractivity contribution in [2.45, 2.75) is 0 Å². The number of nitro groups is 1. The van der Waals surface area contributed by atoms with E-state index in [0.717, 1.165) is 0 Å². The molecule has 2 aromatic carbocycles. The maximum absolute atomic E-state index is 12.7. The van der Waals surface area contributed by atoms with E-state index in [9.17, 15) is 19.7 Å². The van der Waals surface area contributed by atoms with E-state index in [-0.39, 0.29) is 22.7 Å². The Hall–Kier alpha value is -4.40. The van der Waals surface area contributed by atoms with Crippen molar-refractivity contribution in [1.82, 2.24) is 4.98 Å². The van der Waals surface area contributed by atoms with Crippen LogP contribution in [0.5, 0.6) is 5.75 Å². The molecule has 1 aliphatic rings. The molecule has 9 nitrogen and oxygen atoms in total. The van der Waals surface area contributed by atoms with Crippen LogP contribution in [0.2, 0.25) is 0 Å². The fraction of sp³-hybridized carbons (Fsp3) is 0.0909. The summed E-state index contributed by atoms with van der Waals surface area (Å²) in [5.74, 6) is -0.377. The summed E-state index contributed by atoms with van der Waals surface area (Å²) in [5, 5.41) is 14.6. The summed E-state index contributed by atoms with van der Waals surface area (Å²) in [4.78, 5) is 38.8. The maximum Gasteiger partial charge on any atom is 0.337 e. The summed E-state index contributed by atoms with van der Waals surface area (Å²) in [6.07, 6.45) is 3.26. The number of aromatic amines is 1. The molecule has 4 rings (SSSR count). The first-order valence-electron chi connectivity index (χ1n) is 9.19. The lowest BCUT2D eigenvalue weighted by atomic mass is 9.92. The van der Waals surface area contributed by atoms with E-state index in [1.807, 2.05) is 0 Å². The summed E-state index contributed by atoms with van der Waals surface area (Å²) >= 11 is 0. The lowest BCUT2D eigenvalue weighted by Crippen LogP contribution is -2.03. The number of nitro benzene ring substituents is 1. The number of anilines is 1. The number of amides is 1. The number of aromatic nitrogens is 1. The van der Waals surface area contributed by atoms with E-state index in [4.69, 9.17) is 9.47 Å².